The SMILES string of the molecule is Cc1nn(COc2ccc(F)cc2F)c(C)c1NC(=O)CCn1nccc1C(=O)O. The number of carbonyl (C=O) groups is 2. The molecular formula is C19H19F2N5O4. The van der Waals surface area contributed by atoms with E-state index < -0.39 is 17.6 Å². The number of benzene rings is 1. The Morgan fingerprint density at radius 3 is 2.67 bits per heavy atom. The zero-order chi connectivity index (χ0) is 21.8. The minimum Gasteiger partial charge on any atom is -0.477 e. The fourth-order valence-electron chi connectivity index (χ4n) is 2.83. The fourth-order valence-corrected chi connectivity index (χ4v) is 2.83. The number of aromatic carboxylic acids is 1. The zero-order valence-corrected chi connectivity index (χ0v) is 16.2. The molecule has 1 amide bonds. The second-order valence-corrected chi connectivity index (χ2v) is 6.44. The number of carboxylic acids is 1. The lowest BCUT2D eigenvalue weighted by Crippen LogP contribution is -2.18. The van der Waals surface area contributed by atoms with E-state index in [-0.39, 0.29) is 37.0 Å². The van der Waals surface area contributed by atoms with Crippen LogP contribution in [0.15, 0.2) is 30.5 Å². The van der Waals surface area contributed by atoms with Crippen molar-refractivity contribution in [3.63, 3.8) is 0 Å². The van der Waals surface area contributed by atoms with Gasteiger partial charge in [0.1, 0.15) is 11.5 Å². The molecule has 11 heteroatoms. The van der Waals surface area contributed by atoms with Crippen molar-refractivity contribution in [2.24, 2.45) is 0 Å². The Bertz CT molecular complexity index is 1090. The first-order chi connectivity index (χ1) is 14.3. The number of anilines is 1. The quantitative estimate of drug-likeness (QED) is 0.581. The summed E-state index contributed by atoms with van der Waals surface area (Å²) in [6.45, 7) is 3.35. The minimum absolute atomic E-state index is 0.00328. The van der Waals surface area contributed by atoms with Gasteiger partial charge in [0.2, 0.25) is 5.91 Å². The largest absolute Gasteiger partial charge is 0.477 e. The molecule has 1 aromatic carbocycles. The Kier molecular flexibility index (Phi) is 6.09. The number of nitrogens with zero attached hydrogens (tertiary/aromatic N) is 4. The standard InChI is InChI=1S/C19H19F2N5O4/c1-11-18(23-17(27)6-8-25-15(19(28)29)5-7-22-25)12(2)26(24-11)10-30-16-4-3-13(20)9-14(16)21/h3-5,7,9H,6,8,10H2,1-2H3,(H,23,27)(H,28,29). The van der Waals surface area contributed by atoms with Crippen LogP contribution in [0.3, 0.4) is 0 Å². The number of rotatable bonds is 8. The monoisotopic (exact) mass is 419 g/mol. The summed E-state index contributed by atoms with van der Waals surface area (Å²) in [5.41, 5.74) is 1.57. The molecule has 0 saturated heterocycles. The second kappa shape index (κ2) is 8.72. The Hall–Kier alpha value is -3.76. The van der Waals surface area contributed by atoms with Crippen molar-refractivity contribution in [1.82, 2.24) is 19.6 Å². The third kappa shape index (κ3) is 4.62. The first-order valence-electron chi connectivity index (χ1n) is 8.93. The number of ether oxygens (including phenoxy) is 1. The molecule has 158 valence electrons. The molecule has 0 spiro atoms. The van der Waals surface area contributed by atoms with Crippen molar-refractivity contribution in [3.05, 3.63) is 59.2 Å². The third-order valence-electron chi connectivity index (χ3n) is 4.37. The van der Waals surface area contributed by atoms with E-state index in [0.717, 1.165) is 12.1 Å². The summed E-state index contributed by atoms with van der Waals surface area (Å²) in [6, 6.07) is 4.33. The highest BCUT2D eigenvalue weighted by Gasteiger charge is 2.16. The van der Waals surface area contributed by atoms with Crippen LogP contribution in [0.5, 0.6) is 5.75 Å². The molecule has 0 unspecified atom stereocenters. The van der Waals surface area contributed by atoms with Gasteiger partial charge in [-0.15, -0.1) is 0 Å². The predicted octanol–water partition coefficient (Wildman–Crippen LogP) is 2.74. The highest BCUT2D eigenvalue weighted by Crippen LogP contribution is 2.22. The van der Waals surface area contributed by atoms with Crippen LogP contribution in [0.1, 0.15) is 28.3 Å². The lowest BCUT2D eigenvalue weighted by Gasteiger charge is -2.10. The topological polar surface area (TPSA) is 111 Å². The maximum Gasteiger partial charge on any atom is 0.354 e. The molecular weight excluding hydrogens is 400 g/mol. The van der Waals surface area contributed by atoms with E-state index in [4.69, 9.17) is 9.84 Å². The van der Waals surface area contributed by atoms with Crippen LogP contribution in [0, 0.1) is 25.5 Å². The number of aromatic nitrogens is 4. The van der Waals surface area contributed by atoms with E-state index in [1.54, 1.807) is 13.8 Å². The van der Waals surface area contributed by atoms with E-state index in [1.165, 1.54) is 27.7 Å². The Morgan fingerprint density at radius 1 is 1.20 bits per heavy atom. The lowest BCUT2D eigenvalue weighted by atomic mass is 10.3. The normalized spacial score (nSPS) is 10.8. The van der Waals surface area contributed by atoms with Crippen LogP contribution >= 0.6 is 0 Å². The molecule has 0 saturated carbocycles. The molecule has 2 heterocycles. The van der Waals surface area contributed by atoms with Crippen LogP contribution in [0.25, 0.3) is 0 Å². The second-order valence-electron chi connectivity index (χ2n) is 6.44. The fraction of sp³-hybridized carbons (Fsp3) is 0.263. The molecule has 3 aromatic rings. The molecule has 2 aromatic heterocycles. The van der Waals surface area contributed by atoms with Gasteiger partial charge < -0.3 is 15.2 Å². The van der Waals surface area contributed by atoms with Gasteiger partial charge in [-0.05, 0) is 32.0 Å². The van der Waals surface area contributed by atoms with Gasteiger partial charge in [0, 0.05) is 18.7 Å². The van der Waals surface area contributed by atoms with Gasteiger partial charge in [0.15, 0.2) is 18.3 Å². The van der Waals surface area contributed by atoms with Crippen LogP contribution in [0.2, 0.25) is 0 Å². The average molecular weight is 419 g/mol. The van der Waals surface area contributed by atoms with Crippen molar-refractivity contribution >= 4 is 17.6 Å². The van der Waals surface area contributed by atoms with Gasteiger partial charge in [-0.2, -0.15) is 10.2 Å². The summed E-state index contributed by atoms with van der Waals surface area (Å²) in [4.78, 5) is 23.4. The number of nitrogens with one attached hydrogen (secondary N) is 1. The van der Waals surface area contributed by atoms with Crippen LogP contribution in [0.4, 0.5) is 14.5 Å². The van der Waals surface area contributed by atoms with Crippen molar-refractivity contribution in [2.45, 2.75) is 33.5 Å². The highest BCUT2D eigenvalue weighted by atomic mass is 19.1. The van der Waals surface area contributed by atoms with Gasteiger partial charge in [0.25, 0.3) is 0 Å². The minimum atomic E-state index is -1.13. The van der Waals surface area contributed by atoms with Crippen LogP contribution in [-0.4, -0.2) is 36.5 Å². The van der Waals surface area contributed by atoms with E-state index in [1.807, 2.05) is 0 Å². The smallest absolute Gasteiger partial charge is 0.354 e. The molecule has 0 aliphatic rings. The van der Waals surface area contributed by atoms with Gasteiger partial charge in [-0.3, -0.25) is 9.48 Å². The molecule has 0 bridgehead atoms. The highest BCUT2D eigenvalue weighted by molar-refractivity contribution is 5.92. The summed E-state index contributed by atoms with van der Waals surface area (Å²) in [6.07, 6.45) is 1.35. The molecule has 9 nitrogen and oxygen atoms in total. The van der Waals surface area contributed by atoms with Gasteiger partial charge in [-0.25, -0.2) is 18.3 Å². The van der Waals surface area contributed by atoms with Crippen molar-refractivity contribution in [2.75, 3.05) is 5.32 Å². The number of amides is 1. The number of hydrogen-bond acceptors (Lipinski definition) is 5. The van der Waals surface area contributed by atoms with E-state index in [9.17, 15) is 18.4 Å². The van der Waals surface area contributed by atoms with Crippen molar-refractivity contribution in [3.8, 4) is 5.75 Å². The van der Waals surface area contributed by atoms with Gasteiger partial charge >= 0.3 is 5.97 Å². The number of aryl methyl sites for hydroxylation is 2. The van der Waals surface area contributed by atoms with E-state index in [0.29, 0.717) is 17.1 Å². The lowest BCUT2D eigenvalue weighted by molar-refractivity contribution is -0.116. The molecule has 0 radical (unpaired) electrons. The Morgan fingerprint density at radius 2 is 1.97 bits per heavy atom. The summed E-state index contributed by atoms with van der Waals surface area (Å²) < 4.78 is 34.7. The molecule has 0 atom stereocenters. The maximum absolute atomic E-state index is 13.7. The molecule has 2 N–H and O–H groups in total. The Balaban J connectivity index is 1.62. The predicted molar refractivity (Wildman–Crippen MR) is 101 cm³/mol. The summed E-state index contributed by atoms with van der Waals surface area (Å²) >= 11 is 0. The average Bonchev–Trinajstić information content (AvgIpc) is 3.26. The summed E-state index contributed by atoms with van der Waals surface area (Å²) in [5, 5.41) is 20.0. The summed E-state index contributed by atoms with van der Waals surface area (Å²) in [5.74, 6) is -3.13. The summed E-state index contributed by atoms with van der Waals surface area (Å²) in [7, 11) is 0. The number of carboxylic acid groups (broad SMARTS) is 1. The third-order valence-corrected chi connectivity index (χ3v) is 4.37. The van der Waals surface area contributed by atoms with E-state index >= 15 is 0 Å². The van der Waals surface area contributed by atoms with Crippen molar-refractivity contribution < 1.29 is 28.2 Å². The number of halogens is 2. The maximum atomic E-state index is 13.7. The van der Waals surface area contributed by atoms with E-state index in [2.05, 4.69) is 15.5 Å². The molecule has 0 fully saturated rings. The Labute approximate surface area is 169 Å². The number of hydrogen-bond donors (Lipinski definition) is 2. The molecule has 3 rings (SSSR count). The number of carbonyl (C=O) groups excluding carboxylic acids is 1. The van der Waals surface area contributed by atoms with Gasteiger partial charge in [0.05, 0.1) is 23.6 Å². The van der Waals surface area contributed by atoms with Crippen molar-refractivity contribution in [1.29, 1.82) is 0 Å². The zero-order valence-electron chi connectivity index (χ0n) is 16.2. The first kappa shape index (κ1) is 21.0. The van der Waals surface area contributed by atoms with Crippen LogP contribution in [-0.2, 0) is 18.1 Å². The van der Waals surface area contributed by atoms with Crippen LogP contribution < -0.4 is 10.1 Å². The van der Waals surface area contributed by atoms with Gasteiger partial charge in [-0.1, -0.05) is 0 Å². The molecule has 30 heavy (non-hydrogen) atoms. The first-order valence-corrected chi connectivity index (χ1v) is 8.93. The molecule has 0 aliphatic heterocycles. The molecule has 0 aliphatic carbocycles.